The molecule has 1 rings (SSSR count). The predicted octanol–water partition coefficient (Wildman–Crippen LogP) is 1.83. The molecule has 128 valence electrons. The zero-order valence-electron chi connectivity index (χ0n) is 13.5. The van der Waals surface area contributed by atoms with Crippen molar-refractivity contribution in [3.8, 4) is 5.75 Å². The van der Waals surface area contributed by atoms with E-state index in [1.54, 1.807) is 0 Å². The number of ether oxygens (including phenoxy) is 1. The summed E-state index contributed by atoms with van der Waals surface area (Å²) in [5.41, 5.74) is 1.18. The molecule has 0 saturated carbocycles. The van der Waals surface area contributed by atoms with Gasteiger partial charge in [-0.15, -0.1) is 0 Å². The second kappa shape index (κ2) is 11.1. The Morgan fingerprint density at radius 3 is 1.91 bits per heavy atom. The van der Waals surface area contributed by atoms with Crippen molar-refractivity contribution >= 4 is 17.8 Å². The Morgan fingerprint density at radius 1 is 1.04 bits per heavy atom. The fourth-order valence-corrected chi connectivity index (χ4v) is 1.55. The molecule has 0 saturated heterocycles. The lowest BCUT2D eigenvalue weighted by atomic mass is 10.2. The summed E-state index contributed by atoms with van der Waals surface area (Å²) in [6.45, 7) is 6.23. The van der Waals surface area contributed by atoms with Crippen LogP contribution in [0.4, 0.5) is 0 Å². The molecule has 0 radical (unpaired) electrons. The molecule has 0 atom stereocenters. The zero-order valence-corrected chi connectivity index (χ0v) is 13.5. The molecule has 0 aromatic heterocycles. The Bertz CT molecular complexity index is 496. The molecule has 0 aliphatic rings. The van der Waals surface area contributed by atoms with Gasteiger partial charge in [0.2, 0.25) is 0 Å². The van der Waals surface area contributed by atoms with Gasteiger partial charge in [-0.2, -0.15) is 0 Å². The summed E-state index contributed by atoms with van der Waals surface area (Å²) in [5, 5.41) is 17.7. The molecular weight excluding hydrogens is 302 g/mol. The predicted molar refractivity (Wildman–Crippen MR) is 84.5 cm³/mol. The molecule has 0 aliphatic heterocycles. The van der Waals surface area contributed by atoms with E-state index in [0.29, 0.717) is 0 Å². The van der Waals surface area contributed by atoms with Crippen molar-refractivity contribution < 1.29 is 29.3 Å². The molecule has 7 heteroatoms. The minimum atomic E-state index is -1.82. The second-order valence-corrected chi connectivity index (χ2v) is 4.79. The molecule has 0 fully saturated rings. The van der Waals surface area contributed by atoms with Gasteiger partial charge in [-0.1, -0.05) is 31.5 Å². The van der Waals surface area contributed by atoms with Gasteiger partial charge in [0, 0.05) is 6.04 Å². The van der Waals surface area contributed by atoms with E-state index in [9.17, 15) is 4.79 Å². The van der Waals surface area contributed by atoms with E-state index in [1.807, 2.05) is 31.2 Å². The lowest BCUT2D eigenvalue weighted by Gasteiger charge is -2.14. The van der Waals surface area contributed by atoms with Gasteiger partial charge in [-0.25, -0.2) is 9.59 Å². The topological polar surface area (TPSA) is 113 Å². The van der Waals surface area contributed by atoms with Crippen LogP contribution in [-0.4, -0.2) is 40.7 Å². The molecule has 3 N–H and O–H groups in total. The van der Waals surface area contributed by atoms with Gasteiger partial charge in [-0.05, 0) is 31.9 Å². The molecule has 1 aromatic carbocycles. The Kier molecular flexibility index (Phi) is 9.82. The third-order valence-electron chi connectivity index (χ3n) is 2.92. The number of aliphatic carboxylic acids is 2. The quantitative estimate of drug-likeness (QED) is 0.688. The largest absolute Gasteiger partial charge is 0.484 e. The minimum Gasteiger partial charge on any atom is -0.484 e. The van der Waals surface area contributed by atoms with Crippen LogP contribution in [0.5, 0.6) is 5.75 Å². The number of carbonyl (C=O) groups excluding carboxylic acids is 1. The molecule has 1 aromatic rings. The number of rotatable bonds is 6. The van der Waals surface area contributed by atoms with Gasteiger partial charge in [0.15, 0.2) is 6.61 Å². The highest BCUT2D eigenvalue weighted by Gasteiger charge is 2.08. The molecule has 1 amide bonds. The van der Waals surface area contributed by atoms with Crippen molar-refractivity contribution in [1.29, 1.82) is 0 Å². The molecule has 23 heavy (non-hydrogen) atoms. The van der Waals surface area contributed by atoms with Crippen LogP contribution in [0.15, 0.2) is 24.3 Å². The van der Waals surface area contributed by atoms with Crippen LogP contribution in [0.25, 0.3) is 0 Å². The molecule has 0 aliphatic carbocycles. The second-order valence-electron chi connectivity index (χ2n) is 4.79. The average Bonchev–Trinajstić information content (AvgIpc) is 2.52. The van der Waals surface area contributed by atoms with Gasteiger partial charge in [0.05, 0.1) is 0 Å². The Balaban J connectivity index is 0.000000688. The first-order valence-electron chi connectivity index (χ1n) is 7.25. The third kappa shape index (κ3) is 9.89. The summed E-state index contributed by atoms with van der Waals surface area (Å²) in [7, 11) is 0. The van der Waals surface area contributed by atoms with Gasteiger partial charge < -0.3 is 20.3 Å². The fraction of sp³-hybridized carbons (Fsp3) is 0.438. The lowest BCUT2D eigenvalue weighted by molar-refractivity contribution is -0.159. The van der Waals surface area contributed by atoms with E-state index in [2.05, 4.69) is 19.2 Å². The van der Waals surface area contributed by atoms with Crippen molar-refractivity contribution in [2.24, 2.45) is 0 Å². The highest BCUT2D eigenvalue weighted by molar-refractivity contribution is 6.27. The van der Waals surface area contributed by atoms with E-state index in [0.717, 1.165) is 18.6 Å². The van der Waals surface area contributed by atoms with Crippen molar-refractivity contribution in [3.63, 3.8) is 0 Å². The van der Waals surface area contributed by atoms with Crippen LogP contribution in [0, 0.1) is 6.92 Å². The van der Waals surface area contributed by atoms with Crippen molar-refractivity contribution in [2.45, 2.75) is 39.7 Å². The number of nitrogens with one attached hydrogen (secondary N) is 1. The fourth-order valence-electron chi connectivity index (χ4n) is 1.55. The molecule has 0 heterocycles. The minimum absolute atomic E-state index is 0.0562. The van der Waals surface area contributed by atoms with Gasteiger partial charge in [0.25, 0.3) is 5.91 Å². The van der Waals surface area contributed by atoms with E-state index in [1.165, 1.54) is 5.56 Å². The van der Waals surface area contributed by atoms with Gasteiger partial charge in [0.1, 0.15) is 5.75 Å². The number of hydrogen-bond acceptors (Lipinski definition) is 4. The standard InChI is InChI=1S/C14H21NO2.C2H2O4/c1-4-12(5-2)15-14(16)10-17-13-8-6-11(3)7-9-13;3-1(4)2(5)6/h6-9,12H,4-5,10H2,1-3H3,(H,15,16);(H,3,4)(H,5,6). The maximum Gasteiger partial charge on any atom is 0.414 e. The van der Waals surface area contributed by atoms with E-state index >= 15 is 0 Å². The molecule has 0 unspecified atom stereocenters. The van der Waals surface area contributed by atoms with Crippen molar-refractivity contribution in [1.82, 2.24) is 5.32 Å². The number of carbonyl (C=O) groups is 3. The van der Waals surface area contributed by atoms with Gasteiger partial charge >= 0.3 is 11.9 Å². The molecule has 7 nitrogen and oxygen atoms in total. The Morgan fingerprint density at radius 2 is 1.52 bits per heavy atom. The summed E-state index contributed by atoms with van der Waals surface area (Å²) in [4.78, 5) is 29.8. The van der Waals surface area contributed by atoms with Crippen LogP contribution >= 0.6 is 0 Å². The maximum absolute atomic E-state index is 11.6. The van der Waals surface area contributed by atoms with E-state index < -0.39 is 11.9 Å². The maximum atomic E-state index is 11.6. The molecular formula is C16H23NO6. The van der Waals surface area contributed by atoms with Crippen molar-refractivity contribution in [3.05, 3.63) is 29.8 Å². The summed E-state index contributed by atoms with van der Waals surface area (Å²) < 4.78 is 5.40. The molecule has 0 bridgehead atoms. The summed E-state index contributed by atoms with van der Waals surface area (Å²) in [5.74, 6) is -2.97. The van der Waals surface area contributed by atoms with Crippen LogP contribution in [0.2, 0.25) is 0 Å². The van der Waals surface area contributed by atoms with E-state index in [4.69, 9.17) is 24.5 Å². The summed E-state index contributed by atoms with van der Waals surface area (Å²) >= 11 is 0. The number of aryl methyl sites for hydroxylation is 1. The van der Waals surface area contributed by atoms with Crippen LogP contribution in [-0.2, 0) is 14.4 Å². The first-order valence-corrected chi connectivity index (χ1v) is 7.25. The molecule has 0 spiro atoms. The first-order chi connectivity index (χ1) is 10.8. The number of hydrogen-bond donors (Lipinski definition) is 3. The van der Waals surface area contributed by atoms with E-state index in [-0.39, 0.29) is 18.6 Å². The monoisotopic (exact) mass is 325 g/mol. The number of carboxylic acids is 2. The van der Waals surface area contributed by atoms with Gasteiger partial charge in [-0.3, -0.25) is 4.79 Å². The zero-order chi connectivity index (χ0) is 17.8. The number of carboxylic acid groups (broad SMARTS) is 2. The average molecular weight is 325 g/mol. The van der Waals surface area contributed by atoms with Crippen LogP contribution in [0.3, 0.4) is 0 Å². The lowest BCUT2D eigenvalue weighted by Crippen LogP contribution is -2.37. The normalized spacial score (nSPS) is 9.57. The Labute approximate surface area is 135 Å². The SMILES string of the molecule is CCC(CC)NC(=O)COc1ccc(C)cc1.O=C(O)C(=O)O. The highest BCUT2D eigenvalue weighted by Crippen LogP contribution is 2.11. The third-order valence-corrected chi connectivity index (χ3v) is 2.92. The Hall–Kier alpha value is -2.57. The highest BCUT2D eigenvalue weighted by atomic mass is 16.5. The summed E-state index contributed by atoms with van der Waals surface area (Å²) in [6, 6.07) is 7.94. The van der Waals surface area contributed by atoms with Crippen LogP contribution in [0.1, 0.15) is 32.3 Å². The number of benzene rings is 1. The van der Waals surface area contributed by atoms with Crippen LogP contribution < -0.4 is 10.1 Å². The summed E-state index contributed by atoms with van der Waals surface area (Å²) in [6.07, 6.45) is 1.90. The number of amides is 1. The smallest absolute Gasteiger partial charge is 0.414 e. The first kappa shape index (κ1) is 20.4. The van der Waals surface area contributed by atoms with Crippen molar-refractivity contribution in [2.75, 3.05) is 6.61 Å².